The van der Waals surface area contributed by atoms with Crippen LogP contribution in [0.25, 0.3) is 34.3 Å². The minimum absolute atomic E-state index is 0.275. The summed E-state index contributed by atoms with van der Waals surface area (Å²) in [6.45, 7) is 0. The summed E-state index contributed by atoms with van der Waals surface area (Å²) >= 11 is 0. The molecule has 3 aromatic carbocycles. The first-order valence-corrected chi connectivity index (χ1v) is 13.4. The molecule has 0 aliphatic rings. The van der Waals surface area contributed by atoms with Crippen LogP contribution >= 0.6 is 0 Å². The quantitative estimate of drug-likeness (QED) is 0.442. The van der Waals surface area contributed by atoms with Gasteiger partial charge < -0.3 is 4.98 Å². The van der Waals surface area contributed by atoms with Crippen LogP contribution in [0.15, 0.2) is 71.6 Å². The predicted octanol–water partition coefficient (Wildman–Crippen LogP) is 4.18. The summed E-state index contributed by atoms with van der Waals surface area (Å²) in [5.74, 6) is 0.645. The maximum Gasteiger partial charge on any atom is 0.229 e. The summed E-state index contributed by atoms with van der Waals surface area (Å²) in [5.41, 5.74) is 4.54. The molecule has 0 aliphatic heterocycles. The zero-order valence-electron chi connectivity index (χ0n) is 17.4. The molecule has 0 bridgehead atoms. The SMILES string of the molecule is CS(=O)(=O)Nc1ccccc1-c1ccc2nc(C=Cc3ccc(S(C)(=O)=O)cc3)[nH]c2c1. The van der Waals surface area contributed by atoms with E-state index in [2.05, 4.69) is 14.7 Å². The summed E-state index contributed by atoms with van der Waals surface area (Å²) in [6, 6.07) is 19.5. The van der Waals surface area contributed by atoms with Crippen LogP contribution < -0.4 is 4.72 Å². The van der Waals surface area contributed by atoms with Gasteiger partial charge in [-0.3, -0.25) is 4.72 Å². The number of nitrogens with zero attached hydrogens (tertiary/aromatic N) is 1. The lowest BCUT2D eigenvalue weighted by Gasteiger charge is -2.10. The van der Waals surface area contributed by atoms with Crippen molar-refractivity contribution in [3.8, 4) is 11.1 Å². The van der Waals surface area contributed by atoms with Gasteiger partial charge in [0, 0.05) is 11.8 Å². The van der Waals surface area contributed by atoms with Gasteiger partial charge in [0.05, 0.1) is 27.9 Å². The minimum atomic E-state index is -3.40. The van der Waals surface area contributed by atoms with E-state index in [1.54, 1.807) is 36.4 Å². The van der Waals surface area contributed by atoms with Crippen molar-refractivity contribution in [3.63, 3.8) is 0 Å². The number of benzene rings is 3. The van der Waals surface area contributed by atoms with Gasteiger partial charge in [0.25, 0.3) is 0 Å². The van der Waals surface area contributed by atoms with Gasteiger partial charge in [-0.15, -0.1) is 0 Å². The number of H-pyrrole nitrogens is 1. The van der Waals surface area contributed by atoms with Crippen molar-refractivity contribution in [1.29, 1.82) is 0 Å². The first kappa shape index (κ1) is 21.8. The lowest BCUT2D eigenvalue weighted by Crippen LogP contribution is -2.10. The van der Waals surface area contributed by atoms with Crippen molar-refractivity contribution in [2.45, 2.75) is 4.90 Å². The van der Waals surface area contributed by atoms with Crippen LogP contribution in [0.1, 0.15) is 11.4 Å². The Bertz CT molecular complexity index is 1540. The number of rotatable bonds is 6. The fraction of sp³-hybridized carbons (Fsp3) is 0.0870. The minimum Gasteiger partial charge on any atom is -0.338 e. The van der Waals surface area contributed by atoms with E-state index in [-0.39, 0.29) is 4.90 Å². The average Bonchev–Trinajstić information content (AvgIpc) is 3.13. The van der Waals surface area contributed by atoms with Crippen LogP contribution in [0.4, 0.5) is 5.69 Å². The Morgan fingerprint density at radius 3 is 2.28 bits per heavy atom. The highest BCUT2D eigenvalue weighted by Gasteiger charge is 2.10. The standard InChI is InChI=1S/C23H21N3O4S2/c1-31(27,28)18-11-7-16(8-12-18)9-14-23-24-21-13-10-17(15-22(21)25-23)19-5-3-4-6-20(19)26-32(2,29)30/h3-15,26H,1-2H3,(H,24,25). The van der Waals surface area contributed by atoms with E-state index in [1.165, 1.54) is 6.26 Å². The van der Waals surface area contributed by atoms with Gasteiger partial charge in [0.15, 0.2) is 9.84 Å². The van der Waals surface area contributed by atoms with Gasteiger partial charge in [0.2, 0.25) is 10.0 Å². The molecule has 4 aromatic rings. The molecule has 1 heterocycles. The summed E-state index contributed by atoms with van der Waals surface area (Å²) in [7, 11) is -6.63. The number of para-hydroxylation sites is 1. The second-order valence-corrected chi connectivity index (χ2v) is 11.2. The van der Waals surface area contributed by atoms with E-state index < -0.39 is 19.9 Å². The zero-order valence-corrected chi connectivity index (χ0v) is 19.0. The van der Waals surface area contributed by atoms with Gasteiger partial charge in [-0.05, 0) is 47.5 Å². The molecule has 0 unspecified atom stereocenters. The third kappa shape index (κ3) is 5.06. The number of anilines is 1. The first-order chi connectivity index (χ1) is 15.1. The molecule has 0 saturated heterocycles. The molecule has 164 valence electrons. The second-order valence-electron chi connectivity index (χ2n) is 7.45. The van der Waals surface area contributed by atoms with E-state index in [1.807, 2.05) is 42.5 Å². The molecule has 32 heavy (non-hydrogen) atoms. The van der Waals surface area contributed by atoms with E-state index >= 15 is 0 Å². The van der Waals surface area contributed by atoms with Crippen LogP contribution in [0.3, 0.4) is 0 Å². The monoisotopic (exact) mass is 467 g/mol. The number of hydrogen-bond acceptors (Lipinski definition) is 5. The number of imidazole rings is 1. The smallest absolute Gasteiger partial charge is 0.229 e. The lowest BCUT2D eigenvalue weighted by atomic mass is 10.0. The molecule has 0 fully saturated rings. The van der Waals surface area contributed by atoms with Gasteiger partial charge in [-0.25, -0.2) is 21.8 Å². The molecule has 7 nitrogen and oxygen atoms in total. The number of fused-ring (bicyclic) bond motifs is 1. The summed E-state index contributed by atoms with van der Waals surface area (Å²) < 4.78 is 49.1. The van der Waals surface area contributed by atoms with Crippen LogP contribution in [-0.4, -0.2) is 39.3 Å². The molecular weight excluding hydrogens is 446 g/mol. The third-order valence-electron chi connectivity index (χ3n) is 4.78. The van der Waals surface area contributed by atoms with E-state index in [4.69, 9.17) is 0 Å². The topological polar surface area (TPSA) is 109 Å². The third-order valence-corrected chi connectivity index (χ3v) is 6.49. The van der Waals surface area contributed by atoms with Gasteiger partial charge in [0.1, 0.15) is 5.82 Å². The first-order valence-electron chi connectivity index (χ1n) is 9.64. The van der Waals surface area contributed by atoms with Gasteiger partial charge >= 0.3 is 0 Å². The summed E-state index contributed by atoms with van der Waals surface area (Å²) in [6.07, 6.45) is 5.95. The Kier molecular flexibility index (Phi) is 5.62. The Hall–Kier alpha value is -3.43. The van der Waals surface area contributed by atoms with E-state index in [0.717, 1.165) is 34.0 Å². The molecule has 9 heteroatoms. The van der Waals surface area contributed by atoms with Gasteiger partial charge in [-0.2, -0.15) is 0 Å². The van der Waals surface area contributed by atoms with Crippen LogP contribution in [-0.2, 0) is 19.9 Å². The van der Waals surface area contributed by atoms with Crippen molar-refractivity contribution < 1.29 is 16.8 Å². The number of nitrogens with one attached hydrogen (secondary N) is 2. The van der Waals surface area contributed by atoms with E-state index in [0.29, 0.717) is 11.5 Å². The maximum absolute atomic E-state index is 11.7. The van der Waals surface area contributed by atoms with Crippen molar-refractivity contribution in [3.05, 3.63) is 78.1 Å². The summed E-state index contributed by atoms with van der Waals surface area (Å²) in [5, 5.41) is 0. The maximum atomic E-state index is 11.7. The van der Waals surface area contributed by atoms with E-state index in [9.17, 15) is 16.8 Å². The van der Waals surface area contributed by atoms with Crippen LogP contribution in [0, 0.1) is 0 Å². The number of hydrogen-bond donors (Lipinski definition) is 2. The highest BCUT2D eigenvalue weighted by atomic mass is 32.2. The Morgan fingerprint density at radius 2 is 1.59 bits per heavy atom. The second kappa shape index (κ2) is 8.25. The molecule has 1 aromatic heterocycles. The Balaban J connectivity index is 1.62. The van der Waals surface area contributed by atoms with Crippen molar-refractivity contribution in [1.82, 2.24) is 9.97 Å². The van der Waals surface area contributed by atoms with Gasteiger partial charge in [-0.1, -0.05) is 42.5 Å². The molecule has 0 radical (unpaired) electrons. The average molecular weight is 468 g/mol. The van der Waals surface area contributed by atoms with Crippen molar-refractivity contribution in [2.24, 2.45) is 0 Å². The fourth-order valence-electron chi connectivity index (χ4n) is 3.30. The molecule has 0 saturated carbocycles. The van der Waals surface area contributed by atoms with Crippen LogP contribution in [0.5, 0.6) is 0 Å². The summed E-state index contributed by atoms with van der Waals surface area (Å²) in [4.78, 5) is 8.07. The molecule has 0 spiro atoms. The number of aromatic nitrogens is 2. The molecule has 0 amide bonds. The number of sulfone groups is 1. The fourth-order valence-corrected chi connectivity index (χ4v) is 4.51. The molecule has 2 N–H and O–H groups in total. The normalized spacial score (nSPS) is 12.4. The van der Waals surface area contributed by atoms with Crippen molar-refractivity contribution in [2.75, 3.05) is 17.2 Å². The largest absolute Gasteiger partial charge is 0.338 e. The zero-order chi connectivity index (χ0) is 22.9. The molecular formula is C23H21N3O4S2. The highest BCUT2D eigenvalue weighted by molar-refractivity contribution is 7.92. The number of aromatic amines is 1. The Morgan fingerprint density at radius 1 is 0.875 bits per heavy atom. The molecule has 0 atom stereocenters. The predicted molar refractivity (Wildman–Crippen MR) is 128 cm³/mol. The van der Waals surface area contributed by atoms with Crippen molar-refractivity contribution >= 4 is 48.7 Å². The molecule has 0 aliphatic carbocycles. The highest BCUT2D eigenvalue weighted by Crippen LogP contribution is 2.30. The van der Waals surface area contributed by atoms with Crippen LogP contribution in [0.2, 0.25) is 0 Å². The number of sulfonamides is 1. The lowest BCUT2D eigenvalue weighted by molar-refractivity contribution is 0.601. The molecule has 4 rings (SSSR count). The Labute approximate surface area is 186 Å².